The highest BCUT2D eigenvalue weighted by Crippen LogP contribution is 2.32. The minimum absolute atomic E-state index is 0.0654. The van der Waals surface area contributed by atoms with Crippen LogP contribution in [0.2, 0.25) is 5.02 Å². The van der Waals surface area contributed by atoms with Crippen molar-refractivity contribution in [2.45, 2.75) is 12.2 Å². The number of benzene rings is 1. The van der Waals surface area contributed by atoms with Crippen LogP contribution in [0, 0.1) is 0 Å². The molecule has 10 heteroatoms. The van der Waals surface area contributed by atoms with Gasteiger partial charge in [-0.15, -0.1) is 11.3 Å². The SMILES string of the molecule is O=c1c(Cl)c(N[C@@H](c2ccccc2)c2cccs2)cnn1-c1ccc(C(F)(F)F)cn1. The van der Waals surface area contributed by atoms with Crippen LogP contribution in [0.15, 0.2) is 77.2 Å². The van der Waals surface area contributed by atoms with Crippen molar-refractivity contribution in [3.63, 3.8) is 0 Å². The van der Waals surface area contributed by atoms with Crippen LogP contribution in [-0.2, 0) is 6.18 Å². The molecule has 0 radical (unpaired) electrons. The molecule has 0 aliphatic carbocycles. The zero-order chi connectivity index (χ0) is 22.0. The lowest BCUT2D eigenvalue weighted by Crippen LogP contribution is -2.24. The number of halogens is 4. The first-order valence-corrected chi connectivity index (χ1v) is 10.3. The van der Waals surface area contributed by atoms with Crippen LogP contribution in [0.5, 0.6) is 0 Å². The van der Waals surface area contributed by atoms with Crippen molar-refractivity contribution < 1.29 is 13.2 Å². The van der Waals surface area contributed by atoms with Gasteiger partial charge in [-0.1, -0.05) is 48.0 Å². The van der Waals surface area contributed by atoms with Gasteiger partial charge in [0.1, 0.15) is 5.02 Å². The van der Waals surface area contributed by atoms with E-state index in [0.717, 1.165) is 27.3 Å². The molecule has 1 N–H and O–H groups in total. The Morgan fingerprint density at radius 2 is 1.81 bits per heavy atom. The second-order valence-electron chi connectivity index (χ2n) is 6.50. The summed E-state index contributed by atoms with van der Waals surface area (Å²) in [5, 5.41) is 9.10. The van der Waals surface area contributed by atoms with E-state index in [4.69, 9.17) is 11.6 Å². The number of nitrogens with one attached hydrogen (secondary N) is 1. The molecule has 5 nitrogen and oxygen atoms in total. The van der Waals surface area contributed by atoms with Gasteiger partial charge in [0.15, 0.2) is 5.82 Å². The van der Waals surface area contributed by atoms with Gasteiger partial charge >= 0.3 is 6.18 Å². The predicted molar refractivity (Wildman–Crippen MR) is 114 cm³/mol. The average molecular weight is 463 g/mol. The Hall–Kier alpha value is -3.17. The van der Waals surface area contributed by atoms with Crippen molar-refractivity contribution in [2.75, 3.05) is 5.32 Å². The molecule has 0 unspecified atom stereocenters. The summed E-state index contributed by atoms with van der Waals surface area (Å²) in [5.74, 6) is -0.0654. The number of rotatable bonds is 5. The first-order chi connectivity index (χ1) is 14.8. The highest BCUT2D eigenvalue weighted by Gasteiger charge is 2.30. The van der Waals surface area contributed by atoms with E-state index >= 15 is 0 Å². The smallest absolute Gasteiger partial charge is 0.371 e. The molecule has 4 rings (SSSR count). The average Bonchev–Trinajstić information content (AvgIpc) is 3.29. The van der Waals surface area contributed by atoms with Crippen LogP contribution in [-0.4, -0.2) is 14.8 Å². The number of aromatic nitrogens is 3. The maximum atomic E-state index is 12.7. The number of pyridine rings is 1. The highest BCUT2D eigenvalue weighted by atomic mass is 35.5. The van der Waals surface area contributed by atoms with E-state index in [-0.39, 0.29) is 16.9 Å². The molecule has 158 valence electrons. The number of hydrogen-bond acceptors (Lipinski definition) is 5. The molecule has 0 spiro atoms. The Morgan fingerprint density at radius 3 is 2.42 bits per heavy atom. The van der Waals surface area contributed by atoms with Crippen LogP contribution in [0.3, 0.4) is 0 Å². The van der Waals surface area contributed by atoms with Crippen molar-refractivity contribution in [2.24, 2.45) is 0 Å². The molecule has 3 heterocycles. The van der Waals surface area contributed by atoms with Gasteiger partial charge in [-0.3, -0.25) is 4.79 Å². The van der Waals surface area contributed by atoms with Gasteiger partial charge in [-0.25, -0.2) is 4.98 Å². The Kier molecular flexibility index (Phi) is 5.79. The van der Waals surface area contributed by atoms with Gasteiger partial charge in [0.25, 0.3) is 5.56 Å². The summed E-state index contributed by atoms with van der Waals surface area (Å²) in [5.41, 5.74) is -0.348. The van der Waals surface area contributed by atoms with E-state index in [1.807, 2.05) is 47.8 Å². The normalized spacial score (nSPS) is 12.5. The Bertz CT molecular complexity index is 1230. The summed E-state index contributed by atoms with van der Waals surface area (Å²) in [7, 11) is 0. The van der Waals surface area contributed by atoms with Gasteiger partial charge < -0.3 is 5.32 Å². The lowest BCUT2D eigenvalue weighted by atomic mass is 10.1. The molecule has 0 amide bonds. The molecule has 3 aromatic heterocycles. The Morgan fingerprint density at radius 1 is 1.03 bits per heavy atom. The first kappa shape index (κ1) is 21.1. The van der Waals surface area contributed by atoms with Crippen LogP contribution in [0.1, 0.15) is 22.0 Å². The summed E-state index contributed by atoms with van der Waals surface area (Å²) < 4.78 is 39.1. The van der Waals surface area contributed by atoms with Crippen molar-refractivity contribution in [3.05, 3.63) is 104 Å². The van der Waals surface area contributed by atoms with E-state index < -0.39 is 17.3 Å². The largest absolute Gasteiger partial charge is 0.417 e. The zero-order valence-corrected chi connectivity index (χ0v) is 17.2. The van der Waals surface area contributed by atoms with Crippen LogP contribution >= 0.6 is 22.9 Å². The molecule has 0 saturated carbocycles. The van der Waals surface area contributed by atoms with E-state index in [9.17, 15) is 18.0 Å². The summed E-state index contributed by atoms with van der Waals surface area (Å²) in [6.45, 7) is 0. The molecule has 0 fully saturated rings. The third-order valence-corrected chi connectivity index (χ3v) is 5.77. The number of nitrogens with zero attached hydrogens (tertiary/aromatic N) is 3. The molecule has 31 heavy (non-hydrogen) atoms. The first-order valence-electron chi connectivity index (χ1n) is 9.01. The zero-order valence-electron chi connectivity index (χ0n) is 15.7. The summed E-state index contributed by atoms with van der Waals surface area (Å²) in [6.07, 6.45) is -2.53. The number of anilines is 1. The summed E-state index contributed by atoms with van der Waals surface area (Å²) in [6, 6.07) is 15.1. The molecular formula is C21H14ClF3N4OS. The van der Waals surface area contributed by atoms with Gasteiger partial charge in [0, 0.05) is 11.1 Å². The van der Waals surface area contributed by atoms with Crippen molar-refractivity contribution >= 4 is 28.6 Å². The lowest BCUT2D eigenvalue weighted by Gasteiger charge is -2.20. The van der Waals surface area contributed by atoms with Crippen molar-refractivity contribution in [1.82, 2.24) is 14.8 Å². The summed E-state index contributed by atoms with van der Waals surface area (Å²) in [4.78, 5) is 17.5. The minimum Gasteiger partial charge on any atom is -0.371 e. The molecule has 0 bridgehead atoms. The monoisotopic (exact) mass is 462 g/mol. The summed E-state index contributed by atoms with van der Waals surface area (Å²) >= 11 is 7.85. The third kappa shape index (κ3) is 4.47. The highest BCUT2D eigenvalue weighted by molar-refractivity contribution is 7.10. The maximum Gasteiger partial charge on any atom is 0.417 e. The molecule has 0 saturated heterocycles. The maximum absolute atomic E-state index is 12.7. The third-order valence-electron chi connectivity index (χ3n) is 4.47. The molecule has 4 aromatic rings. The number of thiophene rings is 1. The second-order valence-corrected chi connectivity index (χ2v) is 7.85. The fourth-order valence-electron chi connectivity index (χ4n) is 2.95. The van der Waals surface area contributed by atoms with Crippen molar-refractivity contribution in [3.8, 4) is 5.82 Å². The van der Waals surface area contributed by atoms with Crippen LogP contribution < -0.4 is 10.9 Å². The van der Waals surface area contributed by atoms with Crippen molar-refractivity contribution in [1.29, 1.82) is 0 Å². The second kappa shape index (κ2) is 8.52. The van der Waals surface area contributed by atoms with Gasteiger partial charge in [0.05, 0.1) is 23.5 Å². The number of alkyl halides is 3. The predicted octanol–water partition coefficient (Wildman–Crippen LogP) is 5.56. The van der Waals surface area contributed by atoms with Gasteiger partial charge in [0.2, 0.25) is 0 Å². The topological polar surface area (TPSA) is 59.8 Å². The lowest BCUT2D eigenvalue weighted by molar-refractivity contribution is -0.137. The molecular weight excluding hydrogens is 449 g/mol. The molecule has 0 aliphatic heterocycles. The number of hydrogen-bond donors (Lipinski definition) is 1. The van der Waals surface area contributed by atoms with E-state index in [1.54, 1.807) is 11.3 Å². The fraction of sp³-hybridized carbons (Fsp3) is 0.0952. The van der Waals surface area contributed by atoms with E-state index in [2.05, 4.69) is 15.4 Å². The Balaban J connectivity index is 1.68. The van der Waals surface area contributed by atoms with E-state index in [1.165, 1.54) is 6.20 Å². The van der Waals surface area contributed by atoms with Crippen LogP contribution in [0.4, 0.5) is 18.9 Å². The molecule has 1 aromatic carbocycles. The van der Waals surface area contributed by atoms with E-state index in [0.29, 0.717) is 11.9 Å². The Labute approximate surface area is 183 Å². The molecule has 0 aliphatic rings. The minimum atomic E-state index is -4.52. The van der Waals surface area contributed by atoms with Gasteiger partial charge in [-0.2, -0.15) is 23.0 Å². The fourth-order valence-corrected chi connectivity index (χ4v) is 3.94. The standard InChI is InChI=1S/C21H14ClF3N4OS/c22-18-15(28-19(16-7-4-10-31-16)13-5-2-1-3-6-13)12-27-29(20(18)30)17-9-8-14(11-26-17)21(23,24)25/h1-12,19,28H/t19-/m0/s1. The van der Waals surface area contributed by atoms with Crippen LogP contribution in [0.25, 0.3) is 5.82 Å². The van der Waals surface area contributed by atoms with Gasteiger partial charge in [-0.05, 0) is 29.1 Å². The molecule has 1 atom stereocenters. The quantitative estimate of drug-likeness (QED) is 0.421.